The molecule has 5 nitrogen and oxygen atoms in total. The lowest BCUT2D eigenvalue weighted by molar-refractivity contribution is -0.149. The zero-order valence-corrected chi connectivity index (χ0v) is 12.4. The average molecular weight is 278 g/mol. The van der Waals surface area contributed by atoms with Crippen molar-refractivity contribution in [3.63, 3.8) is 0 Å². The van der Waals surface area contributed by atoms with Crippen molar-refractivity contribution in [2.45, 2.75) is 26.7 Å². The third kappa shape index (κ3) is 2.86. The van der Waals surface area contributed by atoms with Gasteiger partial charge >= 0.3 is 5.97 Å². The Kier molecular flexibility index (Phi) is 4.47. The summed E-state index contributed by atoms with van der Waals surface area (Å²) in [5.74, 6) is -0.378. The number of ether oxygens (including phenoxy) is 1. The molecule has 1 aliphatic heterocycles. The van der Waals surface area contributed by atoms with E-state index < -0.39 is 0 Å². The first-order chi connectivity index (χ1) is 9.54. The number of carbonyl (C=O) groups excluding carboxylic acids is 2. The highest BCUT2D eigenvalue weighted by Gasteiger charge is 2.30. The van der Waals surface area contributed by atoms with Crippen molar-refractivity contribution >= 4 is 11.9 Å². The van der Waals surface area contributed by atoms with Crippen molar-refractivity contribution in [3.05, 3.63) is 23.5 Å². The van der Waals surface area contributed by atoms with Crippen LogP contribution in [0.4, 0.5) is 0 Å². The fourth-order valence-corrected chi connectivity index (χ4v) is 2.60. The molecule has 20 heavy (non-hydrogen) atoms. The number of nitrogens with zero attached hydrogens (tertiary/aromatic N) is 2. The van der Waals surface area contributed by atoms with Crippen LogP contribution >= 0.6 is 0 Å². The minimum Gasteiger partial charge on any atom is -0.466 e. The van der Waals surface area contributed by atoms with Gasteiger partial charge in [-0.05, 0) is 38.8 Å². The summed E-state index contributed by atoms with van der Waals surface area (Å²) in [6.07, 6.45) is 1.65. The molecular weight excluding hydrogens is 256 g/mol. The van der Waals surface area contributed by atoms with Crippen LogP contribution in [0.1, 0.15) is 35.9 Å². The van der Waals surface area contributed by atoms with Gasteiger partial charge in [-0.3, -0.25) is 9.59 Å². The second-order valence-electron chi connectivity index (χ2n) is 5.26. The number of piperidine rings is 1. The molecule has 1 aliphatic rings. The standard InChI is InChI=1S/C15H22N2O3/c1-4-20-15(19)12-6-5-9-17(10-12)14(18)13-8-7-11(2)16(13)3/h7-8,12H,4-6,9-10H2,1-3H3/t12-/m0/s1. The number of amides is 1. The van der Waals surface area contributed by atoms with Crippen molar-refractivity contribution < 1.29 is 14.3 Å². The number of esters is 1. The van der Waals surface area contributed by atoms with E-state index in [4.69, 9.17) is 4.74 Å². The molecule has 0 aromatic carbocycles. The van der Waals surface area contributed by atoms with Crippen molar-refractivity contribution in [1.29, 1.82) is 0 Å². The van der Waals surface area contributed by atoms with Crippen molar-refractivity contribution in [2.24, 2.45) is 13.0 Å². The summed E-state index contributed by atoms with van der Waals surface area (Å²) < 4.78 is 6.95. The van der Waals surface area contributed by atoms with Gasteiger partial charge in [0, 0.05) is 25.8 Å². The summed E-state index contributed by atoms with van der Waals surface area (Å²) in [5.41, 5.74) is 1.72. The molecule has 0 bridgehead atoms. The molecule has 1 saturated heterocycles. The topological polar surface area (TPSA) is 51.5 Å². The second kappa shape index (κ2) is 6.11. The van der Waals surface area contributed by atoms with Gasteiger partial charge in [-0.1, -0.05) is 0 Å². The minimum atomic E-state index is -0.187. The van der Waals surface area contributed by atoms with E-state index in [2.05, 4.69) is 0 Å². The molecule has 2 rings (SSSR count). The van der Waals surface area contributed by atoms with E-state index >= 15 is 0 Å². The lowest BCUT2D eigenvalue weighted by Gasteiger charge is -2.31. The Balaban J connectivity index is 2.07. The van der Waals surface area contributed by atoms with Crippen LogP contribution in [0.3, 0.4) is 0 Å². The second-order valence-corrected chi connectivity index (χ2v) is 5.26. The van der Waals surface area contributed by atoms with Gasteiger partial charge < -0.3 is 14.2 Å². The van der Waals surface area contributed by atoms with E-state index in [1.807, 2.05) is 30.7 Å². The largest absolute Gasteiger partial charge is 0.466 e. The molecule has 1 aromatic rings. The molecule has 110 valence electrons. The predicted molar refractivity (Wildman–Crippen MR) is 75.4 cm³/mol. The van der Waals surface area contributed by atoms with Crippen LogP contribution in [0.15, 0.2) is 12.1 Å². The molecule has 5 heteroatoms. The number of carbonyl (C=O) groups is 2. The molecule has 0 N–H and O–H groups in total. The van der Waals surface area contributed by atoms with Crippen LogP contribution < -0.4 is 0 Å². The zero-order valence-electron chi connectivity index (χ0n) is 12.4. The highest BCUT2D eigenvalue weighted by Crippen LogP contribution is 2.20. The molecule has 1 aromatic heterocycles. The summed E-state index contributed by atoms with van der Waals surface area (Å²) in [7, 11) is 1.88. The van der Waals surface area contributed by atoms with Gasteiger partial charge in [0.25, 0.3) is 5.91 Å². The van der Waals surface area contributed by atoms with Gasteiger partial charge in [-0.2, -0.15) is 0 Å². The van der Waals surface area contributed by atoms with Crippen LogP contribution in [0.5, 0.6) is 0 Å². The maximum atomic E-state index is 12.5. The molecule has 0 spiro atoms. The molecular formula is C15H22N2O3. The van der Waals surface area contributed by atoms with Crippen molar-refractivity contribution in [3.8, 4) is 0 Å². The summed E-state index contributed by atoms with van der Waals surface area (Å²) in [6.45, 7) is 5.33. The van der Waals surface area contributed by atoms with Crippen LogP contribution in [0, 0.1) is 12.8 Å². The van der Waals surface area contributed by atoms with E-state index in [1.54, 1.807) is 11.8 Å². The number of hydrogen-bond donors (Lipinski definition) is 0. The smallest absolute Gasteiger partial charge is 0.310 e. The predicted octanol–water partition coefficient (Wildman–Crippen LogP) is 1.75. The Morgan fingerprint density at radius 3 is 2.75 bits per heavy atom. The van der Waals surface area contributed by atoms with E-state index in [0.29, 0.717) is 25.4 Å². The molecule has 1 amide bonds. The number of rotatable bonds is 3. The van der Waals surface area contributed by atoms with Crippen molar-refractivity contribution in [1.82, 2.24) is 9.47 Å². The molecule has 1 fully saturated rings. The molecule has 0 saturated carbocycles. The first-order valence-electron chi connectivity index (χ1n) is 7.12. The van der Waals surface area contributed by atoms with Gasteiger partial charge in [-0.15, -0.1) is 0 Å². The SMILES string of the molecule is CCOC(=O)[C@H]1CCCN(C(=O)c2ccc(C)n2C)C1. The van der Waals surface area contributed by atoms with E-state index in [9.17, 15) is 9.59 Å². The lowest BCUT2D eigenvalue weighted by atomic mass is 9.98. The monoisotopic (exact) mass is 278 g/mol. The summed E-state index contributed by atoms with van der Waals surface area (Å²) in [5, 5.41) is 0. The fraction of sp³-hybridized carbons (Fsp3) is 0.600. The molecule has 1 atom stereocenters. The van der Waals surface area contributed by atoms with Crippen LogP contribution in [0.25, 0.3) is 0 Å². The zero-order chi connectivity index (χ0) is 14.7. The maximum absolute atomic E-state index is 12.5. The Bertz CT molecular complexity index is 507. The van der Waals surface area contributed by atoms with Crippen LogP contribution in [-0.4, -0.2) is 41.0 Å². The molecule has 0 aliphatic carbocycles. The molecule has 0 radical (unpaired) electrons. The van der Waals surface area contributed by atoms with Crippen LogP contribution in [0.2, 0.25) is 0 Å². The highest BCUT2D eigenvalue weighted by atomic mass is 16.5. The number of likely N-dealkylation sites (tertiary alicyclic amines) is 1. The highest BCUT2D eigenvalue weighted by molar-refractivity contribution is 5.93. The van der Waals surface area contributed by atoms with E-state index in [1.165, 1.54) is 0 Å². The lowest BCUT2D eigenvalue weighted by Crippen LogP contribution is -2.43. The Morgan fingerprint density at radius 1 is 1.40 bits per heavy atom. The third-order valence-corrected chi connectivity index (χ3v) is 3.92. The Morgan fingerprint density at radius 2 is 2.15 bits per heavy atom. The maximum Gasteiger partial charge on any atom is 0.310 e. The Hall–Kier alpha value is -1.78. The molecule has 0 unspecified atom stereocenters. The van der Waals surface area contributed by atoms with E-state index in [-0.39, 0.29) is 17.8 Å². The van der Waals surface area contributed by atoms with Gasteiger partial charge in [-0.25, -0.2) is 0 Å². The number of aryl methyl sites for hydroxylation is 1. The average Bonchev–Trinajstić information content (AvgIpc) is 2.79. The van der Waals surface area contributed by atoms with E-state index in [0.717, 1.165) is 18.5 Å². The summed E-state index contributed by atoms with van der Waals surface area (Å²) >= 11 is 0. The normalized spacial score (nSPS) is 18.9. The summed E-state index contributed by atoms with van der Waals surface area (Å²) in [6, 6.07) is 3.77. The van der Waals surface area contributed by atoms with Crippen molar-refractivity contribution in [2.75, 3.05) is 19.7 Å². The first kappa shape index (κ1) is 14.6. The summed E-state index contributed by atoms with van der Waals surface area (Å²) in [4.78, 5) is 26.1. The third-order valence-electron chi connectivity index (χ3n) is 3.92. The van der Waals surface area contributed by atoms with Crippen LogP contribution in [-0.2, 0) is 16.6 Å². The van der Waals surface area contributed by atoms with Gasteiger partial charge in [0.15, 0.2) is 0 Å². The number of aromatic nitrogens is 1. The van der Waals surface area contributed by atoms with Gasteiger partial charge in [0.1, 0.15) is 5.69 Å². The first-order valence-corrected chi connectivity index (χ1v) is 7.12. The minimum absolute atomic E-state index is 0.00500. The van der Waals surface area contributed by atoms with Gasteiger partial charge in [0.2, 0.25) is 0 Å². The van der Waals surface area contributed by atoms with Gasteiger partial charge in [0.05, 0.1) is 12.5 Å². The number of hydrogen-bond acceptors (Lipinski definition) is 3. The fourth-order valence-electron chi connectivity index (χ4n) is 2.60. The molecule has 2 heterocycles. The quantitative estimate of drug-likeness (QED) is 0.791. The Labute approximate surface area is 119 Å².